The Bertz CT molecular complexity index is 706. The van der Waals surface area contributed by atoms with Crippen molar-refractivity contribution in [1.29, 1.82) is 0 Å². The quantitative estimate of drug-likeness (QED) is 0.767. The first-order chi connectivity index (χ1) is 9.56. The fraction of sp³-hybridized carbons (Fsp3) is 0.0714. The van der Waals surface area contributed by atoms with E-state index < -0.39 is 6.10 Å². The van der Waals surface area contributed by atoms with E-state index in [1.165, 1.54) is 0 Å². The van der Waals surface area contributed by atoms with Crippen molar-refractivity contribution in [3.05, 3.63) is 50.9 Å². The summed E-state index contributed by atoms with van der Waals surface area (Å²) in [6, 6.07) is 11.6. The normalized spacial score (nSPS) is 16.9. The van der Waals surface area contributed by atoms with Gasteiger partial charge in [0.05, 0.1) is 0 Å². The van der Waals surface area contributed by atoms with Gasteiger partial charge in [0.1, 0.15) is 0 Å². The minimum absolute atomic E-state index is 0.380. The van der Waals surface area contributed by atoms with Crippen molar-refractivity contribution >= 4 is 55.2 Å². The zero-order chi connectivity index (χ0) is 14.3. The molecule has 0 fully saturated rings. The Morgan fingerprint density at radius 3 is 2.60 bits per heavy atom. The fourth-order valence-corrected chi connectivity index (χ4v) is 3.98. The lowest BCUT2D eigenvalue weighted by Gasteiger charge is -2.09. The minimum atomic E-state index is -1.08. The van der Waals surface area contributed by atoms with Gasteiger partial charge in [0.25, 0.3) is 5.91 Å². The van der Waals surface area contributed by atoms with Crippen LogP contribution in [0.4, 0.5) is 5.69 Å². The summed E-state index contributed by atoms with van der Waals surface area (Å²) < 4.78 is 1.87. The van der Waals surface area contributed by atoms with Crippen molar-refractivity contribution in [2.75, 3.05) is 5.32 Å². The van der Waals surface area contributed by atoms with Crippen LogP contribution in [0.2, 0.25) is 0 Å². The van der Waals surface area contributed by atoms with Gasteiger partial charge in [0.15, 0.2) is 6.10 Å². The van der Waals surface area contributed by atoms with E-state index >= 15 is 0 Å². The lowest BCUT2D eigenvalue weighted by atomic mass is 10.1. The summed E-state index contributed by atoms with van der Waals surface area (Å²) in [6.07, 6.45) is -1.08. The number of nitrogens with one attached hydrogen (secondary N) is 1. The van der Waals surface area contributed by atoms with Crippen molar-refractivity contribution in [2.24, 2.45) is 0 Å². The predicted octanol–water partition coefficient (Wildman–Crippen LogP) is 4.35. The molecule has 1 heterocycles. The molecule has 1 atom stereocenters. The molecule has 1 amide bonds. The topological polar surface area (TPSA) is 49.3 Å². The van der Waals surface area contributed by atoms with Crippen LogP contribution in [-0.4, -0.2) is 11.0 Å². The van der Waals surface area contributed by atoms with E-state index in [1.54, 1.807) is 17.8 Å². The predicted molar refractivity (Wildman–Crippen MR) is 86.0 cm³/mol. The summed E-state index contributed by atoms with van der Waals surface area (Å²) in [5, 5.41) is 12.4. The molecule has 6 heteroatoms. The molecule has 3 nitrogen and oxygen atoms in total. The van der Waals surface area contributed by atoms with Gasteiger partial charge in [0, 0.05) is 30.0 Å². The third kappa shape index (κ3) is 2.53. The minimum Gasteiger partial charge on any atom is -0.378 e. The van der Waals surface area contributed by atoms with E-state index in [2.05, 4.69) is 37.2 Å². The zero-order valence-electron chi connectivity index (χ0n) is 10.1. The Kier molecular flexibility index (Phi) is 3.90. The van der Waals surface area contributed by atoms with Crippen LogP contribution in [-0.2, 0) is 4.79 Å². The lowest BCUT2D eigenvalue weighted by Crippen LogP contribution is -2.10. The molecule has 0 aliphatic carbocycles. The molecular formula is C14H9Br2NO2S. The zero-order valence-corrected chi connectivity index (χ0v) is 14.0. The molecule has 102 valence electrons. The van der Waals surface area contributed by atoms with Crippen molar-refractivity contribution < 1.29 is 9.90 Å². The van der Waals surface area contributed by atoms with Crippen LogP contribution in [0, 0.1) is 0 Å². The largest absolute Gasteiger partial charge is 0.378 e. The average Bonchev–Trinajstić information content (AvgIpc) is 2.69. The maximum atomic E-state index is 11.5. The molecule has 1 aliphatic heterocycles. The molecule has 20 heavy (non-hydrogen) atoms. The molecule has 1 unspecified atom stereocenters. The Labute approximate surface area is 137 Å². The van der Waals surface area contributed by atoms with Crippen LogP contribution < -0.4 is 5.32 Å². The van der Waals surface area contributed by atoms with E-state index in [-0.39, 0.29) is 5.91 Å². The van der Waals surface area contributed by atoms with Crippen LogP contribution in [0.5, 0.6) is 0 Å². The molecule has 3 rings (SSSR count). The van der Waals surface area contributed by atoms with Crippen molar-refractivity contribution in [2.45, 2.75) is 15.9 Å². The number of hydrogen-bond acceptors (Lipinski definition) is 3. The fourth-order valence-electron chi connectivity index (χ4n) is 1.97. The van der Waals surface area contributed by atoms with Crippen LogP contribution in [0.15, 0.2) is 55.1 Å². The highest BCUT2D eigenvalue weighted by atomic mass is 79.9. The number of anilines is 1. The van der Waals surface area contributed by atoms with Crippen LogP contribution in [0.3, 0.4) is 0 Å². The summed E-state index contributed by atoms with van der Waals surface area (Å²) in [4.78, 5) is 13.5. The van der Waals surface area contributed by atoms with Gasteiger partial charge in [-0.25, -0.2) is 0 Å². The molecule has 0 spiro atoms. The monoisotopic (exact) mass is 413 g/mol. The number of rotatable bonds is 2. The number of benzene rings is 2. The number of carbonyl (C=O) groups excluding carboxylic acids is 1. The Morgan fingerprint density at radius 2 is 1.85 bits per heavy atom. The first-order valence-corrected chi connectivity index (χ1v) is 8.21. The molecule has 0 aromatic heterocycles. The lowest BCUT2D eigenvalue weighted by molar-refractivity contribution is -0.123. The summed E-state index contributed by atoms with van der Waals surface area (Å²) >= 11 is 8.59. The number of halogens is 2. The van der Waals surface area contributed by atoms with E-state index in [0.29, 0.717) is 11.3 Å². The van der Waals surface area contributed by atoms with Crippen LogP contribution in [0.1, 0.15) is 11.7 Å². The van der Waals surface area contributed by atoms with Gasteiger partial charge in [-0.05, 0) is 56.1 Å². The number of amides is 1. The van der Waals surface area contributed by atoms with Crippen molar-refractivity contribution in [1.82, 2.24) is 0 Å². The first-order valence-electron chi connectivity index (χ1n) is 5.81. The Morgan fingerprint density at radius 1 is 1.10 bits per heavy atom. The van der Waals surface area contributed by atoms with E-state index in [4.69, 9.17) is 0 Å². The highest BCUT2D eigenvalue weighted by Gasteiger charge is 2.29. The highest BCUT2D eigenvalue weighted by molar-refractivity contribution is 9.11. The number of aliphatic hydroxyl groups is 1. The van der Waals surface area contributed by atoms with Gasteiger partial charge in [-0.2, -0.15) is 0 Å². The average molecular weight is 415 g/mol. The Balaban J connectivity index is 1.99. The van der Waals surface area contributed by atoms with Crippen LogP contribution >= 0.6 is 43.6 Å². The molecule has 2 N–H and O–H groups in total. The van der Waals surface area contributed by atoms with Gasteiger partial charge < -0.3 is 10.4 Å². The molecule has 2 aromatic carbocycles. The van der Waals surface area contributed by atoms with Gasteiger partial charge in [0.2, 0.25) is 0 Å². The van der Waals surface area contributed by atoms with Gasteiger partial charge in [-0.1, -0.05) is 23.9 Å². The van der Waals surface area contributed by atoms with Gasteiger partial charge in [-0.15, -0.1) is 0 Å². The van der Waals surface area contributed by atoms with Crippen molar-refractivity contribution in [3.8, 4) is 0 Å². The first kappa shape index (κ1) is 14.1. The number of fused-ring (bicyclic) bond motifs is 1. The SMILES string of the molecule is O=C1Nc2cc(Sc3ccccc3Br)c(Br)cc2C1O. The molecule has 0 saturated carbocycles. The third-order valence-electron chi connectivity index (χ3n) is 2.96. The highest BCUT2D eigenvalue weighted by Crippen LogP contribution is 2.42. The van der Waals surface area contributed by atoms with Crippen molar-refractivity contribution in [3.63, 3.8) is 0 Å². The maximum absolute atomic E-state index is 11.5. The molecular weight excluding hydrogens is 406 g/mol. The number of hydrogen-bond donors (Lipinski definition) is 2. The second kappa shape index (κ2) is 5.52. The summed E-state index contributed by atoms with van der Waals surface area (Å²) in [5.41, 5.74) is 1.28. The van der Waals surface area contributed by atoms with Crippen LogP contribution in [0.25, 0.3) is 0 Å². The number of carbonyl (C=O) groups is 1. The van der Waals surface area contributed by atoms with E-state index in [9.17, 15) is 9.90 Å². The van der Waals surface area contributed by atoms with E-state index in [0.717, 1.165) is 18.7 Å². The summed E-state index contributed by atoms with van der Waals surface area (Å²) in [7, 11) is 0. The molecule has 0 bridgehead atoms. The Hall–Kier alpha value is -0.820. The maximum Gasteiger partial charge on any atom is 0.257 e. The molecule has 2 aromatic rings. The van der Waals surface area contributed by atoms with E-state index in [1.807, 2.05) is 30.3 Å². The second-order valence-electron chi connectivity index (χ2n) is 4.29. The van der Waals surface area contributed by atoms with Gasteiger partial charge >= 0.3 is 0 Å². The summed E-state index contributed by atoms with van der Waals surface area (Å²) in [6.45, 7) is 0. The molecule has 1 aliphatic rings. The smallest absolute Gasteiger partial charge is 0.257 e. The summed E-state index contributed by atoms with van der Waals surface area (Å²) in [5.74, 6) is -0.380. The third-order valence-corrected chi connectivity index (χ3v) is 5.97. The standard InChI is InChI=1S/C14H9Br2NO2S/c15-8-3-1-2-4-11(8)20-12-6-10-7(5-9(12)16)13(18)14(19)17-10/h1-6,13,18H,(H,17,19). The molecule has 0 radical (unpaired) electrons. The number of aliphatic hydroxyl groups excluding tert-OH is 1. The molecule has 0 saturated heterocycles. The second-order valence-corrected chi connectivity index (χ2v) is 7.09. The van der Waals surface area contributed by atoms with Gasteiger partial charge in [-0.3, -0.25) is 4.79 Å².